The van der Waals surface area contributed by atoms with Crippen LogP contribution in [0, 0.1) is 6.92 Å². The van der Waals surface area contributed by atoms with Crippen LogP contribution in [-0.4, -0.2) is 27.6 Å². The van der Waals surface area contributed by atoms with Crippen LogP contribution in [0.4, 0.5) is 0 Å². The van der Waals surface area contributed by atoms with Gasteiger partial charge in [-0.1, -0.05) is 16.8 Å². The molecular formula is C15H13ClN4O2S. The SMILES string of the molecule is Cc1ncc(C(=O)NCCc2nc(-c3ccc(Cl)cc3)no2)s1. The van der Waals surface area contributed by atoms with Crippen LogP contribution in [0.15, 0.2) is 35.0 Å². The molecule has 0 radical (unpaired) electrons. The Morgan fingerprint density at radius 1 is 1.35 bits per heavy atom. The Labute approximate surface area is 141 Å². The topological polar surface area (TPSA) is 80.9 Å². The van der Waals surface area contributed by atoms with Crippen molar-refractivity contribution in [3.05, 3.63) is 51.3 Å². The van der Waals surface area contributed by atoms with Gasteiger partial charge in [0.15, 0.2) is 0 Å². The third-order valence-corrected chi connectivity index (χ3v) is 4.20. The van der Waals surface area contributed by atoms with E-state index in [1.54, 1.807) is 18.3 Å². The van der Waals surface area contributed by atoms with E-state index in [2.05, 4.69) is 20.4 Å². The minimum Gasteiger partial charge on any atom is -0.351 e. The van der Waals surface area contributed by atoms with Gasteiger partial charge in [-0.25, -0.2) is 4.98 Å². The van der Waals surface area contributed by atoms with Gasteiger partial charge < -0.3 is 9.84 Å². The molecule has 0 fully saturated rings. The van der Waals surface area contributed by atoms with E-state index in [9.17, 15) is 4.79 Å². The normalized spacial score (nSPS) is 10.7. The Bertz CT molecular complexity index is 813. The lowest BCUT2D eigenvalue weighted by atomic mass is 10.2. The van der Waals surface area contributed by atoms with E-state index in [4.69, 9.17) is 16.1 Å². The van der Waals surface area contributed by atoms with Crippen LogP contribution in [0.1, 0.15) is 20.6 Å². The van der Waals surface area contributed by atoms with Crippen molar-refractivity contribution in [1.29, 1.82) is 0 Å². The highest BCUT2D eigenvalue weighted by atomic mass is 35.5. The van der Waals surface area contributed by atoms with E-state index in [-0.39, 0.29) is 5.91 Å². The van der Waals surface area contributed by atoms with Gasteiger partial charge in [0.25, 0.3) is 5.91 Å². The summed E-state index contributed by atoms with van der Waals surface area (Å²) in [5.41, 5.74) is 0.827. The Morgan fingerprint density at radius 3 is 2.83 bits per heavy atom. The first-order chi connectivity index (χ1) is 11.1. The molecule has 2 aromatic heterocycles. The molecule has 6 nitrogen and oxygen atoms in total. The van der Waals surface area contributed by atoms with Gasteiger partial charge in [0.05, 0.1) is 11.2 Å². The average molecular weight is 349 g/mol. The molecule has 0 atom stereocenters. The zero-order chi connectivity index (χ0) is 16.2. The standard InChI is InChI=1S/C15H13ClN4O2S/c1-9-18-8-12(23-9)15(21)17-7-6-13-19-14(20-22-13)10-2-4-11(16)5-3-10/h2-5,8H,6-7H2,1H3,(H,17,21). The van der Waals surface area contributed by atoms with E-state index in [0.29, 0.717) is 34.6 Å². The third kappa shape index (κ3) is 3.94. The highest BCUT2D eigenvalue weighted by Gasteiger charge is 2.11. The summed E-state index contributed by atoms with van der Waals surface area (Å²) in [6.45, 7) is 2.27. The van der Waals surface area contributed by atoms with Crippen LogP contribution in [0.5, 0.6) is 0 Å². The minimum atomic E-state index is -0.145. The smallest absolute Gasteiger partial charge is 0.263 e. The lowest BCUT2D eigenvalue weighted by Crippen LogP contribution is -2.24. The quantitative estimate of drug-likeness (QED) is 0.766. The molecule has 23 heavy (non-hydrogen) atoms. The van der Waals surface area contributed by atoms with Gasteiger partial charge in [0.2, 0.25) is 11.7 Å². The first kappa shape index (κ1) is 15.6. The number of hydrogen-bond acceptors (Lipinski definition) is 6. The lowest BCUT2D eigenvalue weighted by molar-refractivity contribution is 0.0957. The predicted molar refractivity (Wildman–Crippen MR) is 87.6 cm³/mol. The molecule has 2 heterocycles. The number of carbonyl (C=O) groups is 1. The second kappa shape index (κ2) is 6.89. The van der Waals surface area contributed by atoms with E-state index in [1.165, 1.54) is 11.3 Å². The van der Waals surface area contributed by atoms with Gasteiger partial charge in [-0.2, -0.15) is 4.98 Å². The van der Waals surface area contributed by atoms with Crippen molar-refractivity contribution in [2.45, 2.75) is 13.3 Å². The summed E-state index contributed by atoms with van der Waals surface area (Å²) in [7, 11) is 0. The Kier molecular flexibility index (Phi) is 4.68. The van der Waals surface area contributed by atoms with Crippen molar-refractivity contribution in [2.24, 2.45) is 0 Å². The van der Waals surface area contributed by atoms with Gasteiger partial charge in [-0.3, -0.25) is 4.79 Å². The van der Waals surface area contributed by atoms with E-state index in [1.807, 2.05) is 19.1 Å². The number of benzene rings is 1. The van der Waals surface area contributed by atoms with Crippen LogP contribution in [0.25, 0.3) is 11.4 Å². The predicted octanol–water partition coefficient (Wildman–Crippen LogP) is 3.13. The summed E-state index contributed by atoms with van der Waals surface area (Å²) in [6, 6.07) is 7.18. The Hall–Kier alpha value is -2.25. The van der Waals surface area contributed by atoms with Crippen LogP contribution in [0.2, 0.25) is 5.02 Å². The van der Waals surface area contributed by atoms with Crippen LogP contribution in [0.3, 0.4) is 0 Å². The average Bonchev–Trinajstić information content (AvgIpc) is 3.17. The molecule has 1 aromatic carbocycles. The number of halogens is 1. The highest BCUT2D eigenvalue weighted by molar-refractivity contribution is 7.13. The highest BCUT2D eigenvalue weighted by Crippen LogP contribution is 2.18. The number of hydrogen-bond donors (Lipinski definition) is 1. The molecule has 0 saturated heterocycles. The monoisotopic (exact) mass is 348 g/mol. The van der Waals surface area contributed by atoms with E-state index >= 15 is 0 Å². The molecule has 0 unspecified atom stereocenters. The van der Waals surface area contributed by atoms with E-state index in [0.717, 1.165) is 10.6 Å². The first-order valence-corrected chi connectivity index (χ1v) is 8.10. The van der Waals surface area contributed by atoms with Crippen molar-refractivity contribution < 1.29 is 9.32 Å². The number of nitrogens with one attached hydrogen (secondary N) is 1. The number of rotatable bonds is 5. The molecule has 1 amide bonds. The number of aryl methyl sites for hydroxylation is 1. The second-order valence-corrected chi connectivity index (χ2v) is 6.44. The summed E-state index contributed by atoms with van der Waals surface area (Å²) in [4.78, 5) is 20.8. The lowest BCUT2D eigenvalue weighted by Gasteiger charge is -1.99. The van der Waals surface area contributed by atoms with Gasteiger partial charge in [-0.05, 0) is 31.2 Å². The van der Waals surface area contributed by atoms with Gasteiger partial charge in [-0.15, -0.1) is 11.3 Å². The van der Waals surface area contributed by atoms with Crippen molar-refractivity contribution in [2.75, 3.05) is 6.54 Å². The second-order valence-electron chi connectivity index (χ2n) is 4.77. The summed E-state index contributed by atoms with van der Waals surface area (Å²) < 4.78 is 5.19. The number of amides is 1. The molecule has 1 N–H and O–H groups in total. The molecule has 0 aliphatic rings. The fourth-order valence-corrected chi connectivity index (χ4v) is 2.73. The van der Waals surface area contributed by atoms with Crippen molar-refractivity contribution in [3.8, 4) is 11.4 Å². The number of thiazole rings is 1. The fraction of sp³-hybridized carbons (Fsp3) is 0.200. The maximum Gasteiger partial charge on any atom is 0.263 e. The van der Waals surface area contributed by atoms with Crippen molar-refractivity contribution in [1.82, 2.24) is 20.4 Å². The van der Waals surface area contributed by atoms with Gasteiger partial charge in [0, 0.05) is 23.6 Å². The molecule has 3 rings (SSSR count). The molecule has 0 saturated carbocycles. The summed E-state index contributed by atoms with van der Waals surface area (Å²) in [5.74, 6) is 0.824. The number of aromatic nitrogens is 3. The van der Waals surface area contributed by atoms with E-state index < -0.39 is 0 Å². The fourth-order valence-electron chi connectivity index (χ4n) is 1.91. The molecule has 0 aliphatic heterocycles. The maximum absolute atomic E-state index is 11.9. The summed E-state index contributed by atoms with van der Waals surface area (Å²) in [6.07, 6.45) is 2.03. The Morgan fingerprint density at radius 2 is 2.13 bits per heavy atom. The zero-order valence-corrected chi connectivity index (χ0v) is 13.8. The number of carbonyl (C=O) groups excluding carboxylic acids is 1. The molecule has 118 valence electrons. The summed E-state index contributed by atoms with van der Waals surface area (Å²) in [5, 5.41) is 8.24. The van der Waals surface area contributed by atoms with Gasteiger partial charge >= 0.3 is 0 Å². The van der Waals surface area contributed by atoms with Crippen LogP contribution in [-0.2, 0) is 6.42 Å². The molecular weight excluding hydrogens is 336 g/mol. The molecule has 0 bridgehead atoms. The largest absolute Gasteiger partial charge is 0.351 e. The minimum absolute atomic E-state index is 0.145. The van der Waals surface area contributed by atoms with Crippen LogP contribution < -0.4 is 5.32 Å². The van der Waals surface area contributed by atoms with Crippen molar-refractivity contribution in [3.63, 3.8) is 0 Å². The number of nitrogens with zero attached hydrogens (tertiary/aromatic N) is 3. The van der Waals surface area contributed by atoms with Crippen LogP contribution >= 0.6 is 22.9 Å². The maximum atomic E-state index is 11.9. The van der Waals surface area contributed by atoms with Crippen molar-refractivity contribution >= 4 is 28.8 Å². The zero-order valence-electron chi connectivity index (χ0n) is 12.2. The van der Waals surface area contributed by atoms with Gasteiger partial charge in [0.1, 0.15) is 4.88 Å². The molecule has 0 spiro atoms. The molecule has 0 aliphatic carbocycles. The Balaban J connectivity index is 1.55. The summed E-state index contributed by atoms with van der Waals surface area (Å²) >= 11 is 7.21. The molecule has 8 heteroatoms. The first-order valence-electron chi connectivity index (χ1n) is 6.91. The molecule has 3 aromatic rings. The third-order valence-electron chi connectivity index (χ3n) is 3.04.